The molecule has 0 bridgehead atoms. The zero-order valence-corrected chi connectivity index (χ0v) is 14.8. The summed E-state index contributed by atoms with van der Waals surface area (Å²) < 4.78 is 0. The summed E-state index contributed by atoms with van der Waals surface area (Å²) in [5.74, 6) is 0.874. The molecule has 0 unspecified atom stereocenters. The monoisotopic (exact) mass is 309 g/mol. The van der Waals surface area contributed by atoms with Crippen molar-refractivity contribution in [3.63, 3.8) is 0 Å². The van der Waals surface area contributed by atoms with Gasteiger partial charge in [0.25, 0.3) is 0 Å². The maximum absolute atomic E-state index is 4.88. The Balaban J connectivity index is 1.94. The Morgan fingerprint density at radius 1 is 1.24 bits per heavy atom. The Labute approximate surface area is 134 Å². The average molecular weight is 310 g/mol. The summed E-state index contributed by atoms with van der Waals surface area (Å²) in [7, 11) is 2.22. The molecule has 0 amide bonds. The predicted octanol–water partition coefficient (Wildman–Crippen LogP) is 4.22. The van der Waals surface area contributed by atoms with Gasteiger partial charge < -0.3 is 10.2 Å². The topological polar surface area (TPSA) is 28.2 Å². The lowest BCUT2D eigenvalue weighted by Crippen LogP contribution is -2.26. The number of aromatic nitrogens is 1. The lowest BCUT2D eigenvalue weighted by Gasteiger charge is -2.26. The van der Waals surface area contributed by atoms with Crippen molar-refractivity contribution < 1.29 is 0 Å². The van der Waals surface area contributed by atoms with Crippen LogP contribution in [0.4, 0.5) is 5.13 Å². The number of hydrogen-bond acceptors (Lipinski definition) is 4. The smallest absolute Gasteiger partial charge is 0.185 e. The van der Waals surface area contributed by atoms with Crippen LogP contribution in [0.2, 0.25) is 0 Å². The highest BCUT2D eigenvalue weighted by Crippen LogP contribution is 2.29. The molecule has 1 aliphatic carbocycles. The number of aryl methyl sites for hydroxylation is 1. The van der Waals surface area contributed by atoms with Crippen LogP contribution < -0.4 is 10.2 Å². The van der Waals surface area contributed by atoms with Crippen molar-refractivity contribution in [2.24, 2.45) is 5.92 Å². The normalized spacial score (nSPS) is 16.3. The minimum Gasteiger partial charge on any atom is -0.351 e. The van der Waals surface area contributed by atoms with E-state index in [0.717, 1.165) is 25.4 Å². The van der Waals surface area contributed by atoms with Gasteiger partial charge in [0.2, 0.25) is 0 Å². The van der Waals surface area contributed by atoms with Crippen LogP contribution in [-0.2, 0) is 13.0 Å². The van der Waals surface area contributed by atoms with Crippen LogP contribution in [0.5, 0.6) is 0 Å². The fraction of sp³-hybridized carbons (Fsp3) is 0.824. The van der Waals surface area contributed by atoms with Gasteiger partial charge in [0.15, 0.2) is 5.13 Å². The second-order valence-electron chi connectivity index (χ2n) is 6.28. The van der Waals surface area contributed by atoms with Gasteiger partial charge in [-0.25, -0.2) is 4.98 Å². The molecule has 1 aromatic heterocycles. The molecule has 1 saturated carbocycles. The quantitative estimate of drug-likeness (QED) is 0.729. The standard InChI is InChI=1S/C17H31N3S/c1-4-11-18-12-16-15(5-2)19-17(21-16)20(3)13-14-9-7-6-8-10-14/h14,18H,4-13H2,1-3H3. The molecule has 0 aromatic carbocycles. The van der Waals surface area contributed by atoms with E-state index in [1.165, 1.54) is 60.8 Å². The van der Waals surface area contributed by atoms with E-state index in [1.54, 1.807) is 0 Å². The molecule has 21 heavy (non-hydrogen) atoms. The van der Waals surface area contributed by atoms with Crippen molar-refractivity contribution in [2.75, 3.05) is 25.0 Å². The van der Waals surface area contributed by atoms with Crippen molar-refractivity contribution in [2.45, 2.75) is 65.3 Å². The number of anilines is 1. The van der Waals surface area contributed by atoms with Gasteiger partial charge in [0.1, 0.15) is 0 Å². The molecule has 0 aliphatic heterocycles. The highest BCUT2D eigenvalue weighted by molar-refractivity contribution is 7.15. The van der Waals surface area contributed by atoms with E-state index in [9.17, 15) is 0 Å². The van der Waals surface area contributed by atoms with E-state index in [4.69, 9.17) is 4.98 Å². The summed E-state index contributed by atoms with van der Waals surface area (Å²) in [4.78, 5) is 8.70. The van der Waals surface area contributed by atoms with E-state index in [2.05, 4.69) is 31.1 Å². The third kappa shape index (κ3) is 4.96. The number of hydrogen-bond donors (Lipinski definition) is 1. The van der Waals surface area contributed by atoms with Crippen LogP contribution in [0.1, 0.15) is 62.9 Å². The molecule has 1 aliphatic rings. The minimum absolute atomic E-state index is 0.874. The second-order valence-corrected chi connectivity index (χ2v) is 7.34. The number of nitrogens with zero attached hydrogens (tertiary/aromatic N) is 2. The average Bonchev–Trinajstić information content (AvgIpc) is 2.92. The van der Waals surface area contributed by atoms with Crippen molar-refractivity contribution in [1.82, 2.24) is 10.3 Å². The van der Waals surface area contributed by atoms with Gasteiger partial charge in [-0.15, -0.1) is 11.3 Å². The molecule has 0 saturated heterocycles. The Kier molecular flexibility index (Phi) is 6.97. The maximum atomic E-state index is 4.88. The van der Waals surface area contributed by atoms with Crippen LogP contribution in [0.25, 0.3) is 0 Å². The van der Waals surface area contributed by atoms with E-state index in [1.807, 2.05) is 11.3 Å². The summed E-state index contributed by atoms with van der Waals surface area (Å²) in [6.45, 7) is 7.67. The lowest BCUT2D eigenvalue weighted by atomic mass is 9.89. The third-order valence-electron chi connectivity index (χ3n) is 4.40. The molecule has 1 N–H and O–H groups in total. The Hall–Kier alpha value is -0.610. The van der Waals surface area contributed by atoms with Crippen molar-refractivity contribution in [3.05, 3.63) is 10.6 Å². The first-order valence-electron chi connectivity index (χ1n) is 8.65. The van der Waals surface area contributed by atoms with E-state index >= 15 is 0 Å². The first kappa shape index (κ1) is 16.8. The fourth-order valence-corrected chi connectivity index (χ4v) is 4.25. The van der Waals surface area contributed by atoms with Gasteiger partial charge in [-0.2, -0.15) is 0 Å². The zero-order chi connectivity index (χ0) is 15.1. The van der Waals surface area contributed by atoms with Crippen LogP contribution in [0, 0.1) is 5.92 Å². The van der Waals surface area contributed by atoms with Crippen LogP contribution in [-0.4, -0.2) is 25.1 Å². The maximum Gasteiger partial charge on any atom is 0.185 e. The van der Waals surface area contributed by atoms with Crippen molar-refractivity contribution in [3.8, 4) is 0 Å². The second kappa shape index (κ2) is 8.74. The molecule has 1 aromatic rings. The number of rotatable bonds is 8. The molecule has 4 heteroatoms. The summed E-state index contributed by atoms with van der Waals surface area (Å²) in [5, 5.41) is 4.73. The molecular formula is C17H31N3S. The lowest BCUT2D eigenvalue weighted by molar-refractivity contribution is 0.362. The fourth-order valence-electron chi connectivity index (χ4n) is 3.16. The Morgan fingerprint density at radius 3 is 2.67 bits per heavy atom. The van der Waals surface area contributed by atoms with Crippen molar-refractivity contribution >= 4 is 16.5 Å². The van der Waals surface area contributed by atoms with Gasteiger partial charge in [-0.05, 0) is 38.1 Å². The van der Waals surface area contributed by atoms with E-state index in [-0.39, 0.29) is 0 Å². The van der Waals surface area contributed by atoms with E-state index in [0.29, 0.717) is 0 Å². The SMILES string of the molecule is CCCNCc1sc(N(C)CC2CCCCC2)nc1CC. The minimum atomic E-state index is 0.874. The molecule has 1 heterocycles. The Bertz CT molecular complexity index is 410. The Morgan fingerprint density at radius 2 is 2.00 bits per heavy atom. The third-order valence-corrected chi connectivity index (χ3v) is 5.61. The first-order valence-corrected chi connectivity index (χ1v) is 9.46. The van der Waals surface area contributed by atoms with Crippen LogP contribution in [0.15, 0.2) is 0 Å². The predicted molar refractivity (Wildman–Crippen MR) is 93.3 cm³/mol. The largest absolute Gasteiger partial charge is 0.351 e. The molecule has 2 rings (SSSR count). The molecule has 0 spiro atoms. The van der Waals surface area contributed by atoms with Gasteiger partial charge in [0, 0.05) is 25.0 Å². The molecule has 120 valence electrons. The highest BCUT2D eigenvalue weighted by atomic mass is 32.1. The molecule has 0 atom stereocenters. The van der Waals surface area contributed by atoms with Crippen molar-refractivity contribution in [1.29, 1.82) is 0 Å². The van der Waals surface area contributed by atoms with E-state index < -0.39 is 0 Å². The van der Waals surface area contributed by atoms with Gasteiger partial charge in [0.05, 0.1) is 5.69 Å². The van der Waals surface area contributed by atoms with Gasteiger partial charge in [-0.3, -0.25) is 0 Å². The summed E-state index contributed by atoms with van der Waals surface area (Å²) in [6, 6.07) is 0. The van der Waals surface area contributed by atoms with Gasteiger partial charge >= 0.3 is 0 Å². The zero-order valence-electron chi connectivity index (χ0n) is 14.0. The van der Waals surface area contributed by atoms with Gasteiger partial charge in [-0.1, -0.05) is 33.1 Å². The molecular weight excluding hydrogens is 278 g/mol. The van der Waals surface area contributed by atoms with Crippen LogP contribution in [0.3, 0.4) is 0 Å². The first-order chi connectivity index (χ1) is 10.2. The molecule has 0 radical (unpaired) electrons. The number of thiazole rings is 1. The summed E-state index contributed by atoms with van der Waals surface area (Å²) in [5.41, 5.74) is 1.29. The molecule has 1 fully saturated rings. The molecule has 3 nitrogen and oxygen atoms in total. The van der Waals surface area contributed by atoms with Crippen LogP contribution >= 0.6 is 11.3 Å². The number of nitrogens with one attached hydrogen (secondary N) is 1. The summed E-state index contributed by atoms with van der Waals surface area (Å²) >= 11 is 1.88. The highest BCUT2D eigenvalue weighted by Gasteiger charge is 2.18. The summed E-state index contributed by atoms with van der Waals surface area (Å²) in [6.07, 6.45) is 9.31.